The van der Waals surface area contributed by atoms with Gasteiger partial charge in [0.15, 0.2) is 0 Å². The van der Waals surface area contributed by atoms with Crippen molar-refractivity contribution < 1.29 is 4.42 Å². The van der Waals surface area contributed by atoms with Crippen LogP contribution >= 0.6 is 15.9 Å². The van der Waals surface area contributed by atoms with E-state index in [4.69, 9.17) is 10.2 Å². The van der Waals surface area contributed by atoms with Crippen LogP contribution in [0.3, 0.4) is 0 Å². The fourth-order valence-corrected chi connectivity index (χ4v) is 3.48. The van der Waals surface area contributed by atoms with Crippen molar-refractivity contribution in [3.05, 3.63) is 59.1 Å². The van der Waals surface area contributed by atoms with Gasteiger partial charge in [-0.25, -0.2) is 4.99 Å². The van der Waals surface area contributed by atoms with Crippen LogP contribution in [0.1, 0.15) is 38.5 Å². The first-order valence-corrected chi connectivity index (χ1v) is 9.52. The highest BCUT2D eigenvalue weighted by Crippen LogP contribution is 2.35. The van der Waals surface area contributed by atoms with Crippen LogP contribution in [0.2, 0.25) is 0 Å². The molecule has 26 heavy (non-hydrogen) atoms. The number of aliphatic imine (C=N–C) groups is 1. The number of allylic oxidation sites excluding steroid dienone is 3. The molecule has 1 heterocycles. The van der Waals surface area contributed by atoms with Gasteiger partial charge in [-0.1, -0.05) is 12.7 Å². The molecular formula is C21H24BrN3O. The largest absolute Gasteiger partial charge is 0.460 e. The van der Waals surface area contributed by atoms with Crippen molar-refractivity contribution in [2.24, 2.45) is 4.99 Å². The number of hydrogen-bond acceptors (Lipinski definition) is 4. The first-order chi connectivity index (χ1) is 12.4. The van der Waals surface area contributed by atoms with Crippen LogP contribution in [0.25, 0.3) is 17.0 Å². The molecule has 0 amide bonds. The second-order valence-electron chi connectivity index (χ2n) is 6.59. The van der Waals surface area contributed by atoms with E-state index >= 15 is 0 Å². The summed E-state index contributed by atoms with van der Waals surface area (Å²) in [5.74, 6) is 1.03. The fourth-order valence-electron chi connectivity index (χ4n) is 3.09. The summed E-state index contributed by atoms with van der Waals surface area (Å²) in [5.41, 5.74) is 11.8. The SMILES string of the molecule is C=C(NC(C)C1=Cc2c(oc3ccc(N)cc23)CC1)C(Br)=N/C(C)=C\C. The van der Waals surface area contributed by atoms with Gasteiger partial charge in [-0.05, 0) is 73.0 Å². The monoisotopic (exact) mass is 413 g/mol. The zero-order valence-electron chi connectivity index (χ0n) is 15.4. The number of nitrogens with one attached hydrogen (secondary N) is 1. The molecule has 0 radical (unpaired) electrons. The fraction of sp³-hybridized carbons (Fsp3) is 0.286. The van der Waals surface area contributed by atoms with E-state index in [0.717, 1.165) is 56.8 Å². The van der Waals surface area contributed by atoms with Gasteiger partial charge in [-0.2, -0.15) is 0 Å². The maximum atomic E-state index is 5.98. The Kier molecular flexibility index (Phi) is 5.37. The number of halogens is 1. The summed E-state index contributed by atoms with van der Waals surface area (Å²) < 4.78 is 6.70. The molecule has 1 unspecified atom stereocenters. The third-order valence-electron chi connectivity index (χ3n) is 4.69. The third kappa shape index (κ3) is 3.78. The molecule has 3 N–H and O–H groups in total. The molecule has 3 rings (SSSR count). The number of nitrogen functional groups attached to an aromatic ring is 1. The number of hydrogen-bond donors (Lipinski definition) is 2. The van der Waals surface area contributed by atoms with Gasteiger partial charge in [-0.3, -0.25) is 0 Å². The van der Waals surface area contributed by atoms with Crippen molar-refractivity contribution in [1.29, 1.82) is 0 Å². The number of aryl methyl sites for hydroxylation is 1. The lowest BCUT2D eigenvalue weighted by Gasteiger charge is -2.22. The molecule has 0 bridgehead atoms. The molecule has 5 heteroatoms. The lowest BCUT2D eigenvalue weighted by Crippen LogP contribution is -2.30. The number of rotatable bonds is 5. The lowest BCUT2D eigenvalue weighted by molar-refractivity contribution is 0.535. The van der Waals surface area contributed by atoms with Crippen LogP contribution in [-0.2, 0) is 6.42 Å². The summed E-state index contributed by atoms with van der Waals surface area (Å²) in [6.07, 6.45) is 6.02. The molecule has 1 aliphatic rings. The second-order valence-corrected chi connectivity index (χ2v) is 7.34. The topological polar surface area (TPSA) is 63.5 Å². The number of fused-ring (bicyclic) bond motifs is 3. The molecule has 0 fully saturated rings. The van der Waals surface area contributed by atoms with Crippen molar-refractivity contribution in [3.8, 4) is 0 Å². The molecule has 0 saturated heterocycles. The molecule has 0 spiro atoms. The van der Waals surface area contributed by atoms with Gasteiger partial charge < -0.3 is 15.5 Å². The highest BCUT2D eigenvalue weighted by atomic mass is 79.9. The van der Waals surface area contributed by atoms with Gasteiger partial charge in [-0.15, -0.1) is 0 Å². The van der Waals surface area contributed by atoms with Gasteiger partial charge in [0.05, 0.1) is 5.70 Å². The highest BCUT2D eigenvalue weighted by molar-refractivity contribution is 9.18. The van der Waals surface area contributed by atoms with Gasteiger partial charge in [0.2, 0.25) is 0 Å². The lowest BCUT2D eigenvalue weighted by atomic mass is 9.92. The molecular weight excluding hydrogens is 390 g/mol. The summed E-state index contributed by atoms with van der Waals surface area (Å²) in [6, 6.07) is 5.95. The van der Waals surface area contributed by atoms with Crippen molar-refractivity contribution >= 4 is 43.3 Å². The number of furan rings is 1. The molecule has 1 aliphatic carbocycles. The molecule has 0 aliphatic heterocycles. The van der Waals surface area contributed by atoms with E-state index in [1.54, 1.807) is 0 Å². The second kappa shape index (κ2) is 7.54. The Morgan fingerprint density at radius 1 is 1.42 bits per heavy atom. The van der Waals surface area contributed by atoms with Crippen LogP contribution in [0.4, 0.5) is 5.69 Å². The Morgan fingerprint density at radius 2 is 2.19 bits per heavy atom. The van der Waals surface area contributed by atoms with E-state index in [2.05, 4.69) is 45.8 Å². The summed E-state index contributed by atoms with van der Waals surface area (Å²) >= 11 is 3.50. The molecule has 1 aromatic carbocycles. The summed E-state index contributed by atoms with van der Waals surface area (Å²) in [6.45, 7) is 10.2. The quantitative estimate of drug-likeness (QED) is 0.498. The third-order valence-corrected chi connectivity index (χ3v) is 5.34. The van der Waals surface area contributed by atoms with Crippen LogP contribution in [0.5, 0.6) is 0 Å². The van der Waals surface area contributed by atoms with E-state index in [0.29, 0.717) is 0 Å². The normalized spacial score (nSPS) is 16.2. The van der Waals surface area contributed by atoms with Crippen LogP contribution in [0.15, 0.2) is 57.2 Å². The smallest absolute Gasteiger partial charge is 0.135 e. The number of nitrogens with two attached hydrogens (primary N) is 1. The number of nitrogens with zero attached hydrogens (tertiary/aromatic N) is 1. The molecule has 1 aromatic heterocycles. The van der Waals surface area contributed by atoms with Gasteiger partial charge in [0.25, 0.3) is 0 Å². The maximum Gasteiger partial charge on any atom is 0.135 e. The van der Waals surface area contributed by atoms with E-state index in [-0.39, 0.29) is 6.04 Å². The van der Waals surface area contributed by atoms with Crippen molar-refractivity contribution in [2.75, 3.05) is 5.73 Å². The van der Waals surface area contributed by atoms with Crippen molar-refractivity contribution in [1.82, 2.24) is 5.32 Å². The van der Waals surface area contributed by atoms with Gasteiger partial charge >= 0.3 is 0 Å². The van der Waals surface area contributed by atoms with E-state index in [1.807, 2.05) is 38.1 Å². The minimum atomic E-state index is 0.148. The van der Waals surface area contributed by atoms with Gasteiger partial charge in [0.1, 0.15) is 16.0 Å². The van der Waals surface area contributed by atoms with E-state index in [9.17, 15) is 0 Å². The number of benzene rings is 1. The predicted molar refractivity (Wildman–Crippen MR) is 114 cm³/mol. The molecule has 136 valence electrons. The zero-order valence-corrected chi connectivity index (χ0v) is 17.0. The van der Waals surface area contributed by atoms with Crippen LogP contribution in [-0.4, -0.2) is 10.7 Å². The standard InChI is InChI=1S/C21H24BrN3O/c1-5-12(2)24-21(22)14(4)25-13(3)15-6-8-19-17(10-15)18-11-16(23)7-9-20(18)26-19/h5,7,9-11,13,25H,4,6,8,23H2,1-3H3/b12-5-,24-21?. The Balaban J connectivity index is 1.83. The Labute approximate surface area is 162 Å². The predicted octanol–water partition coefficient (Wildman–Crippen LogP) is 5.55. The average Bonchev–Trinajstić information content (AvgIpc) is 2.98. The maximum absolute atomic E-state index is 5.98. The minimum Gasteiger partial charge on any atom is -0.460 e. The minimum absolute atomic E-state index is 0.148. The number of anilines is 1. The Bertz CT molecular complexity index is 950. The molecule has 0 saturated carbocycles. The van der Waals surface area contributed by atoms with Crippen molar-refractivity contribution in [2.45, 2.75) is 39.7 Å². The van der Waals surface area contributed by atoms with E-state index in [1.165, 1.54) is 5.57 Å². The molecule has 1 atom stereocenters. The zero-order chi connectivity index (χ0) is 18.8. The van der Waals surface area contributed by atoms with Crippen LogP contribution in [0, 0.1) is 0 Å². The first-order valence-electron chi connectivity index (χ1n) is 8.73. The highest BCUT2D eigenvalue weighted by Gasteiger charge is 2.21. The molecule has 2 aromatic rings. The van der Waals surface area contributed by atoms with E-state index < -0.39 is 0 Å². The van der Waals surface area contributed by atoms with Crippen LogP contribution < -0.4 is 11.1 Å². The summed E-state index contributed by atoms with van der Waals surface area (Å²) in [7, 11) is 0. The molecule has 4 nitrogen and oxygen atoms in total. The first kappa shape index (κ1) is 18.5. The Hall–Kier alpha value is -2.27. The summed E-state index contributed by atoms with van der Waals surface area (Å²) in [5, 5.41) is 4.52. The van der Waals surface area contributed by atoms with Crippen molar-refractivity contribution in [3.63, 3.8) is 0 Å². The summed E-state index contributed by atoms with van der Waals surface area (Å²) in [4.78, 5) is 4.46. The Morgan fingerprint density at radius 3 is 2.92 bits per heavy atom. The average molecular weight is 414 g/mol. The van der Waals surface area contributed by atoms with Gasteiger partial charge in [0, 0.05) is 34.8 Å².